The minimum Gasteiger partial charge on any atom is -0.375 e. The Hall–Kier alpha value is -1.39. The third-order valence-corrected chi connectivity index (χ3v) is 5.29. The number of nitrogens with one attached hydrogen (secondary N) is 1. The highest BCUT2D eigenvalue weighted by Gasteiger charge is 2.37. The number of hydrogen-bond acceptors (Lipinski definition) is 3. The summed E-state index contributed by atoms with van der Waals surface area (Å²) < 4.78 is 4.90. The average Bonchev–Trinajstić information content (AvgIpc) is 2.51. The van der Waals surface area contributed by atoms with Crippen molar-refractivity contribution >= 4 is 5.91 Å². The molecule has 0 atom stereocenters. The van der Waals surface area contributed by atoms with Crippen LogP contribution in [0, 0.1) is 6.92 Å². The summed E-state index contributed by atoms with van der Waals surface area (Å²) in [7, 11) is 5.92. The summed E-state index contributed by atoms with van der Waals surface area (Å²) in [6.07, 6.45) is 5.34. The summed E-state index contributed by atoms with van der Waals surface area (Å²) in [6.45, 7) is 2.34. The van der Waals surface area contributed by atoms with Crippen molar-refractivity contribution in [2.75, 3.05) is 27.8 Å². The van der Waals surface area contributed by atoms with Crippen LogP contribution in [0.15, 0.2) is 24.3 Å². The second-order valence-corrected chi connectivity index (χ2v) is 7.00. The molecule has 0 aromatic heterocycles. The van der Waals surface area contributed by atoms with Crippen LogP contribution in [0.25, 0.3) is 0 Å². The Kier molecular flexibility index (Phi) is 6.19. The van der Waals surface area contributed by atoms with Crippen molar-refractivity contribution < 1.29 is 9.53 Å². The number of rotatable bonds is 6. The van der Waals surface area contributed by atoms with E-state index in [1.807, 2.05) is 0 Å². The molecule has 1 aliphatic rings. The van der Waals surface area contributed by atoms with Gasteiger partial charge in [0.05, 0.1) is 0 Å². The number of carbonyl (C=O) groups is 1. The monoisotopic (exact) mass is 318 g/mol. The molecule has 1 N–H and O–H groups in total. The van der Waals surface area contributed by atoms with Crippen molar-refractivity contribution in [3.8, 4) is 0 Å². The lowest BCUT2D eigenvalue weighted by Gasteiger charge is -2.45. The molecule has 2 rings (SSSR count). The largest absolute Gasteiger partial charge is 0.375 e. The van der Waals surface area contributed by atoms with E-state index in [0.717, 1.165) is 32.1 Å². The average molecular weight is 318 g/mol. The number of benzene rings is 1. The number of aryl methyl sites for hydroxylation is 1. The van der Waals surface area contributed by atoms with Gasteiger partial charge in [-0.15, -0.1) is 0 Å². The third kappa shape index (κ3) is 4.55. The normalized spacial score (nSPS) is 24.7. The zero-order valence-corrected chi connectivity index (χ0v) is 14.9. The van der Waals surface area contributed by atoms with Crippen molar-refractivity contribution in [3.05, 3.63) is 35.4 Å². The number of carbonyl (C=O) groups excluding carboxylic acids is 1. The van der Waals surface area contributed by atoms with Crippen molar-refractivity contribution in [1.29, 1.82) is 0 Å². The Bertz CT molecular complexity index is 520. The van der Waals surface area contributed by atoms with Crippen LogP contribution in [0.2, 0.25) is 0 Å². The molecule has 0 heterocycles. The summed E-state index contributed by atoms with van der Waals surface area (Å²) in [4.78, 5) is 14.1. The van der Waals surface area contributed by atoms with E-state index in [9.17, 15) is 4.79 Å². The molecule has 0 saturated heterocycles. The number of hydrogen-bond donors (Lipinski definition) is 1. The molecule has 0 aliphatic heterocycles. The van der Waals surface area contributed by atoms with Gasteiger partial charge >= 0.3 is 0 Å². The second kappa shape index (κ2) is 7.93. The van der Waals surface area contributed by atoms with Crippen LogP contribution in [0.4, 0.5) is 0 Å². The molecule has 23 heavy (non-hydrogen) atoms. The smallest absolute Gasteiger partial charge is 0.246 e. The molecule has 1 aromatic rings. The molecule has 4 heteroatoms. The van der Waals surface area contributed by atoms with E-state index < -0.39 is 0 Å². The predicted molar refractivity (Wildman–Crippen MR) is 93.6 cm³/mol. The van der Waals surface area contributed by atoms with Crippen LogP contribution in [-0.4, -0.2) is 50.2 Å². The number of amides is 1. The van der Waals surface area contributed by atoms with Crippen molar-refractivity contribution in [1.82, 2.24) is 10.2 Å². The van der Waals surface area contributed by atoms with Crippen molar-refractivity contribution in [3.63, 3.8) is 0 Å². The molecule has 1 fully saturated rings. The van der Waals surface area contributed by atoms with Crippen LogP contribution >= 0.6 is 0 Å². The molecule has 0 bridgehead atoms. The highest BCUT2D eigenvalue weighted by molar-refractivity contribution is 5.77. The molecule has 1 aromatic carbocycles. The van der Waals surface area contributed by atoms with Gasteiger partial charge < -0.3 is 15.0 Å². The maximum atomic E-state index is 11.7. The van der Waals surface area contributed by atoms with Gasteiger partial charge in [0.1, 0.15) is 6.61 Å². The van der Waals surface area contributed by atoms with Gasteiger partial charge in [-0.3, -0.25) is 4.79 Å². The molecule has 0 spiro atoms. The van der Waals surface area contributed by atoms with Crippen molar-refractivity contribution in [2.45, 2.75) is 50.6 Å². The Morgan fingerprint density at radius 2 is 1.96 bits per heavy atom. The summed E-state index contributed by atoms with van der Waals surface area (Å²) >= 11 is 0. The molecule has 1 aliphatic carbocycles. The summed E-state index contributed by atoms with van der Waals surface area (Å²) in [5, 5.41) is 3.09. The zero-order chi connectivity index (χ0) is 16.9. The summed E-state index contributed by atoms with van der Waals surface area (Å²) in [5.74, 6) is -0.00578. The van der Waals surface area contributed by atoms with E-state index in [4.69, 9.17) is 4.74 Å². The molecule has 128 valence electrons. The fourth-order valence-electron chi connectivity index (χ4n) is 3.64. The highest BCUT2D eigenvalue weighted by atomic mass is 16.5. The molecular formula is C19H30N2O2. The summed E-state index contributed by atoms with van der Waals surface area (Å²) in [6, 6.07) is 8.94. The fraction of sp³-hybridized carbons (Fsp3) is 0.632. The lowest BCUT2D eigenvalue weighted by atomic mass is 9.74. The second-order valence-electron chi connectivity index (χ2n) is 7.00. The summed E-state index contributed by atoms with van der Waals surface area (Å²) in [5.41, 5.74) is 2.99. The topological polar surface area (TPSA) is 41.6 Å². The van der Waals surface area contributed by atoms with E-state index >= 15 is 0 Å². The Morgan fingerprint density at radius 1 is 1.30 bits per heavy atom. The predicted octanol–water partition coefficient (Wildman–Crippen LogP) is 2.54. The third-order valence-electron chi connectivity index (χ3n) is 5.29. The number of methoxy groups -OCH3 is 1. The molecule has 4 nitrogen and oxygen atoms in total. The van der Waals surface area contributed by atoms with E-state index in [1.54, 1.807) is 7.11 Å². The Balaban J connectivity index is 2.01. The van der Waals surface area contributed by atoms with Gasteiger partial charge in [-0.05, 0) is 64.3 Å². The van der Waals surface area contributed by atoms with Crippen molar-refractivity contribution in [2.24, 2.45) is 0 Å². The van der Waals surface area contributed by atoms with Gasteiger partial charge in [-0.2, -0.15) is 0 Å². The van der Waals surface area contributed by atoms with E-state index in [0.29, 0.717) is 0 Å². The minimum atomic E-state index is -0.00578. The highest BCUT2D eigenvalue weighted by Crippen LogP contribution is 2.36. The lowest BCUT2D eigenvalue weighted by molar-refractivity contribution is -0.125. The standard InChI is InChI=1S/C19H30N2O2/c1-15-7-5-6-8-16(15)13-19(21(2)3)11-9-17(10-12-19)20-18(22)14-23-4/h5-8,17H,9-14H2,1-4H3,(H,20,22). The zero-order valence-electron chi connectivity index (χ0n) is 14.9. The quantitative estimate of drug-likeness (QED) is 0.876. The Labute approximate surface area is 140 Å². The van der Waals surface area contributed by atoms with E-state index in [-0.39, 0.29) is 24.1 Å². The van der Waals surface area contributed by atoms with Crippen LogP contribution in [0.1, 0.15) is 36.8 Å². The molecule has 1 saturated carbocycles. The maximum absolute atomic E-state index is 11.7. The first-order valence-corrected chi connectivity index (χ1v) is 8.47. The van der Waals surface area contributed by atoms with Gasteiger partial charge in [0.15, 0.2) is 0 Å². The van der Waals surface area contributed by atoms with Gasteiger partial charge in [-0.1, -0.05) is 24.3 Å². The van der Waals surface area contributed by atoms with Gasteiger partial charge in [0, 0.05) is 18.7 Å². The van der Waals surface area contributed by atoms with Gasteiger partial charge in [0.25, 0.3) is 0 Å². The van der Waals surface area contributed by atoms with Crippen LogP contribution in [-0.2, 0) is 16.0 Å². The first-order chi connectivity index (χ1) is 11.0. The number of likely N-dealkylation sites (N-methyl/N-ethyl adjacent to an activating group) is 1. The Morgan fingerprint density at radius 3 is 2.52 bits per heavy atom. The number of nitrogens with zero attached hydrogens (tertiary/aromatic N) is 1. The fourth-order valence-corrected chi connectivity index (χ4v) is 3.64. The van der Waals surface area contributed by atoms with Gasteiger partial charge in [0.2, 0.25) is 5.91 Å². The lowest BCUT2D eigenvalue weighted by Crippen LogP contribution is -2.52. The maximum Gasteiger partial charge on any atom is 0.246 e. The van der Waals surface area contributed by atoms with E-state index in [1.165, 1.54) is 11.1 Å². The molecule has 1 amide bonds. The van der Waals surface area contributed by atoms with E-state index in [2.05, 4.69) is 55.5 Å². The van der Waals surface area contributed by atoms with Crippen LogP contribution in [0.5, 0.6) is 0 Å². The molecule has 0 radical (unpaired) electrons. The molecule has 0 unspecified atom stereocenters. The SMILES string of the molecule is COCC(=O)NC1CCC(Cc2ccccc2C)(N(C)C)CC1. The first-order valence-electron chi connectivity index (χ1n) is 8.47. The van der Waals surface area contributed by atoms with Crippen LogP contribution < -0.4 is 5.32 Å². The van der Waals surface area contributed by atoms with Crippen LogP contribution in [0.3, 0.4) is 0 Å². The molecular weight excluding hydrogens is 288 g/mol. The van der Waals surface area contributed by atoms with Gasteiger partial charge in [-0.25, -0.2) is 0 Å². The number of ether oxygens (including phenoxy) is 1. The first kappa shape index (κ1) is 18.0. The minimum absolute atomic E-state index is 0.00578.